The number of Topliss-reactive ketones (excluding diaryl/α,β-unsaturated/α-hetero) is 1. The van der Waals surface area contributed by atoms with Crippen LogP contribution in [0, 0.1) is 18.2 Å². The van der Waals surface area contributed by atoms with Crippen LogP contribution in [0.15, 0.2) is 18.2 Å². The molecular weight excluding hydrogens is 229 g/mol. The standard InChI is InChI=1S/C15H22FNO/c1-10-5-6-13(16)12(7-10)14(18)8-11(17)9-15(2,3)4/h5-7,11H,8-9,17H2,1-4H3. The van der Waals surface area contributed by atoms with Crippen LogP contribution < -0.4 is 5.73 Å². The minimum atomic E-state index is -0.464. The Morgan fingerprint density at radius 1 is 1.39 bits per heavy atom. The Balaban J connectivity index is 2.74. The van der Waals surface area contributed by atoms with Crippen molar-refractivity contribution in [1.82, 2.24) is 0 Å². The van der Waals surface area contributed by atoms with E-state index in [0.717, 1.165) is 12.0 Å². The number of carbonyl (C=O) groups excluding carboxylic acids is 1. The van der Waals surface area contributed by atoms with Gasteiger partial charge in [-0.05, 0) is 30.9 Å². The molecule has 2 nitrogen and oxygen atoms in total. The summed E-state index contributed by atoms with van der Waals surface area (Å²) in [6.07, 6.45) is 0.934. The van der Waals surface area contributed by atoms with E-state index in [2.05, 4.69) is 20.8 Å². The molecule has 0 spiro atoms. The molecular formula is C15H22FNO. The second kappa shape index (κ2) is 5.61. The van der Waals surface area contributed by atoms with Gasteiger partial charge in [0.2, 0.25) is 0 Å². The monoisotopic (exact) mass is 251 g/mol. The van der Waals surface area contributed by atoms with E-state index >= 15 is 0 Å². The third kappa shape index (κ3) is 4.57. The first-order chi connectivity index (χ1) is 8.19. The molecule has 0 aliphatic rings. The maximum Gasteiger partial charge on any atom is 0.167 e. The number of carbonyl (C=O) groups is 1. The van der Waals surface area contributed by atoms with E-state index in [9.17, 15) is 9.18 Å². The molecule has 1 aromatic rings. The molecule has 0 fully saturated rings. The van der Waals surface area contributed by atoms with Crippen LogP contribution in [-0.4, -0.2) is 11.8 Å². The minimum Gasteiger partial charge on any atom is -0.327 e. The van der Waals surface area contributed by atoms with Gasteiger partial charge in [0, 0.05) is 12.5 Å². The van der Waals surface area contributed by atoms with E-state index in [-0.39, 0.29) is 29.2 Å². The molecule has 1 rings (SSSR count). The minimum absolute atomic E-state index is 0.0743. The van der Waals surface area contributed by atoms with Gasteiger partial charge in [-0.3, -0.25) is 4.79 Å². The third-order valence-electron chi connectivity index (χ3n) is 2.74. The first-order valence-corrected chi connectivity index (χ1v) is 6.24. The van der Waals surface area contributed by atoms with Gasteiger partial charge in [-0.25, -0.2) is 4.39 Å². The van der Waals surface area contributed by atoms with E-state index in [0.29, 0.717) is 0 Å². The highest BCUT2D eigenvalue weighted by atomic mass is 19.1. The van der Waals surface area contributed by atoms with Gasteiger partial charge in [0.05, 0.1) is 5.56 Å². The van der Waals surface area contributed by atoms with Gasteiger partial charge in [0.15, 0.2) is 5.78 Å². The summed E-state index contributed by atoms with van der Waals surface area (Å²) in [5.74, 6) is -0.679. The third-order valence-corrected chi connectivity index (χ3v) is 2.74. The van der Waals surface area contributed by atoms with Gasteiger partial charge in [-0.2, -0.15) is 0 Å². The summed E-state index contributed by atoms with van der Waals surface area (Å²) < 4.78 is 13.5. The molecule has 0 saturated heterocycles. The lowest BCUT2D eigenvalue weighted by molar-refractivity contribution is 0.0964. The number of hydrogen-bond acceptors (Lipinski definition) is 2. The van der Waals surface area contributed by atoms with Crippen molar-refractivity contribution in [2.75, 3.05) is 0 Å². The highest BCUT2D eigenvalue weighted by Crippen LogP contribution is 2.22. The van der Waals surface area contributed by atoms with Gasteiger partial charge in [0.25, 0.3) is 0 Å². The fourth-order valence-corrected chi connectivity index (χ4v) is 2.06. The molecule has 1 unspecified atom stereocenters. The number of aryl methyl sites for hydroxylation is 1. The number of halogens is 1. The van der Waals surface area contributed by atoms with Crippen molar-refractivity contribution in [3.05, 3.63) is 35.1 Å². The SMILES string of the molecule is Cc1ccc(F)c(C(=O)CC(N)CC(C)(C)C)c1. The fourth-order valence-electron chi connectivity index (χ4n) is 2.06. The second-order valence-corrected chi connectivity index (χ2v) is 6.14. The Kier molecular flexibility index (Phi) is 4.63. The van der Waals surface area contributed by atoms with E-state index in [1.54, 1.807) is 12.1 Å². The van der Waals surface area contributed by atoms with Crippen molar-refractivity contribution in [1.29, 1.82) is 0 Å². The molecule has 0 aliphatic carbocycles. The van der Waals surface area contributed by atoms with Crippen molar-refractivity contribution < 1.29 is 9.18 Å². The van der Waals surface area contributed by atoms with Crippen LogP contribution in [0.4, 0.5) is 4.39 Å². The van der Waals surface area contributed by atoms with E-state index in [4.69, 9.17) is 5.73 Å². The molecule has 0 bridgehead atoms. The van der Waals surface area contributed by atoms with Crippen LogP contribution in [0.5, 0.6) is 0 Å². The first kappa shape index (κ1) is 14.8. The van der Waals surface area contributed by atoms with E-state index in [1.165, 1.54) is 6.07 Å². The molecule has 0 aliphatic heterocycles. The molecule has 18 heavy (non-hydrogen) atoms. The zero-order valence-corrected chi connectivity index (χ0v) is 11.6. The molecule has 2 N–H and O–H groups in total. The number of nitrogens with two attached hydrogens (primary N) is 1. The summed E-state index contributed by atoms with van der Waals surface area (Å²) in [6, 6.07) is 4.35. The maximum atomic E-state index is 13.5. The highest BCUT2D eigenvalue weighted by Gasteiger charge is 2.20. The Labute approximate surface area is 108 Å². The van der Waals surface area contributed by atoms with E-state index < -0.39 is 5.82 Å². The Bertz CT molecular complexity index is 435. The number of hydrogen-bond donors (Lipinski definition) is 1. The van der Waals surface area contributed by atoms with Gasteiger partial charge in [0.1, 0.15) is 5.82 Å². The molecule has 0 radical (unpaired) electrons. The van der Waals surface area contributed by atoms with Crippen LogP contribution in [0.25, 0.3) is 0 Å². The van der Waals surface area contributed by atoms with Crippen molar-refractivity contribution in [3.63, 3.8) is 0 Å². The second-order valence-electron chi connectivity index (χ2n) is 6.14. The molecule has 1 atom stereocenters. The molecule has 1 aromatic carbocycles. The molecule has 0 amide bonds. The van der Waals surface area contributed by atoms with Gasteiger partial charge < -0.3 is 5.73 Å². The predicted octanol–water partition coefficient (Wildman–Crippen LogP) is 3.47. The lowest BCUT2D eigenvalue weighted by Crippen LogP contribution is -2.29. The smallest absolute Gasteiger partial charge is 0.167 e. The van der Waals surface area contributed by atoms with Crippen LogP contribution in [0.2, 0.25) is 0 Å². The summed E-state index contributed by atoms with van der Waals surface area (Å²) in [5, 5.41) is 0. The lowest BCUT2D eigenvalue weighted by atomic mass is 9.86. The summed E-state index contributed by atoms with van der Waals surface area (Å²) >= 11 is 0. The first-order valence-electron chi connectivity index (χ1n) is 6.24. The molecule has 100 valence electrons. The molecule has 3 heteroatoms. The Hall–Kier alpha value is -1.22. The molecule has 0 aromatic heterocycles. The summed E-state index contributed by atoms with van der Waals surface area (Å²) in [7, 11) is 0. The van der Waals surface area contributed by atoms with Crippen LogP contribution >= 0.6 is 0 Å². The largest absolute Gasteiger partial charge is 0.327 e. The number of benzene rings is 1. The summed E-state index contributed by atoms with van der Waals surface area (Å²) in [4.78, 5) is 12.0. The topological polar surface area (TPSA) is 43.1 Å². The molecule has 0 heterocycles. The van der Waals surface area contributed by atoms with Crippen molar-refractivity contribution in [2.24, 2.45) is 11.1 Å². The molecule has 0 saturated carbocycles. The van der Waals surface area contributed by atoms with Gasteiger partial charge in [-0.1, -0.05) is 32.4 Å². The Morgan fingerprint density at radius 2 is 2.00 bits per heavy atom. The zero-order chi connectivity index (χ0) is 13.9. The number of rotatable bonds is 4. The lowest BCUT2D eigenvalue weighted by Gasteiger charge is -2.22. The van der Waals surface area contributed by atoms with Crippen LogP contribution in [0.1, 0.15) is 49.5 Å². The predicted molar refractivity (Wildman–Crippen MR) is 72.1 cm³/mol. The normalized spacial score (nSPS) is 13.4. The van der Waals surface area contributed by atoms with Crippen molar-refractivity contribution in [2.45, 2.75) is 46.6 Å². The van der Waals surface area contributed by atoms with Crippen molar-refractivity contribution >= 4 is 5.78 Å². The number of ketones is 1. The summed E-state index contributed by atoms with van der Waals surface area (Å²) in [5.41, 5.74) is 7.05. The van der Waals surface area contributed by atoms with Crippen molar-refractivity contribution in [3.8, 4) is 0 Å². The average Bonchev–Trinajstić information content (AvgIpc) is 2.18. The average molecular weight is 251 g/mol. The van der Waals surface area contributed by atoms with Gasteiger partial charge in [-0.15, -0.1) is 0 Å². The fraction of sp³-hybridized carbons (Fsp3) is 0.533. The van der Waals surface area contributed by atoms with E-state index in [1.807, 2.05) is 6.92 Å². The van der Waals surface area contributed by atoms with Crippen LogP contribution in [-0.2, 0) is 0 Å². The maximum absolute atomic E-state index is 13.5. The highest BCUT2D eigenvalue weighted by molar-refractivity contribution is 5.96. The van der Waals surface area contributed by atoms with Gasteiger partial charge >= 0.3 is 0 Å². The Morgan fingerprint density at radius 3 is 2.56 bits per heavy atom. The van der Waals surface area contributed by atoms with Crippen LogP contribution in [0.3, 0.4) is 0 Å². The quantitative estimate of drug-likeness (QED) is 0.833. The summed E-state index contributed by atoms with van der Waals surface area (Å²) in [6.45, 7) is 8.06. The zero-order valence-electron chi connectivity index (χ0n) is 11.6.